The molecule has 1 fully saturated rings. The smallest absolute Gasteiger partial charge is 0.317 e. The molecule has 1 aliphatic rings. The summed E-state index contributed by atoms with van der Waals surface area (Å²) in [7, 11) is 1.98. The second kappa shape index (κ2) is 10.6. The third kappa shape index (κ3) is 5.31. The summed E-state index contributed by atoms with van der Waals surface area (Å²) in [5.41, 5.74) is 4.14. The minimum atomic E-state index is -0.304. The Hall–Kier alpha value is -3.59. The van der Waals surface area contributed by atoms with E-state index in [0.29, 0.717) is 31.2 Å². The standard InChI is InChI=1S/C26H27BClFN6O/c27-21-15-32-35-24(12-23(33-25(21)35)20-8-1-2-9-22(20)28)30-14-18-6-4-10-34(16-18)26(36)31-13-17-5-3-7-19(29)11-17/h1-3,5,7-9,11-12,15,18,30H,4,6,10,13-14,16,27H2,(H,31,36). The van der Waals surface area contributed by atoms with Crippen LogP contribution < -0.4 is 16.1 Å². The third-order valence-electron chi connectivity index (χ3n) is 6.51. The predicted molar refractivity (Wildman–Crippen MR) is 143 cm³/mol. The number of aromatic nitrogens is 3. The summed E-state index contributed by atoms with van der Waals surface area (Å²) in [4.78, 5) is 19.4. The minimum absolute atomic E-state index is 0.126. The van der Waals surface area contributed by atoms with Gasteiger partial charge in [-0.25, -0.2) is 14.2 Å². The topological polar surface area (TPSA) is 74.6 Å². The Morgan fingerprint density at radius 2 is 2.06 bits per heavy atom. The summed E-state index contributed by atoms with van der Waals surface area (Å²) in [6.45, 7) is 2.34. The second-order valence-corrected chi connectivity index (χ2v) is 9.60. The summed E-state index contributed by atoms with van der Waals surface area (Å²) >= 11 is 6.45. The number of nitrogens with one attached hydrogen (secondary N) is 2. The van der Waals surface area contributed by atoms with Crippen molar-refractivity contribution in [1.29, 1.82) is 0 Å². The lowest BCUT2D eigenvalue weighted by Gasteiger charge is -2.33. The summed E-state index contributed by atoms with van der Waals surface area (Å²) in [5, 5.41) is 11.6. The van der Waals surface area contributed by atoms with Gasteiger partial charge in [-0.05, 0) is 48.0 Å². The molecular formula is C26H27BClFN6O. The Balaban J connectivity index is 1.26. The van der Waals surface area contributed by atoms with Gasteiger partial charge in [0.15, 0.2) is 5.65 Å². The molecule has 0 aliphatic carbocycles. The lowest BCUT2D eigenvalue weighted by atomic mass is 9.98. The molecule has 1 aliphatic heterocycles. The number of hydrogen-bond donors (Lipinski definition) is 2. The van der Waals surface area contributed by atoms with Gasteiger partial charge in [-0.2, -0.15) is 9.61 Å². The number of nitrogens with zero attached hydrogens (tertiary/aromatic N) is 4. The number of halogens is 2. The van der Waals surface area contributed by atoms with Crippen molar-refractivity contribution in [3.63, 3.8) is 0 Å². The first-order valence-electron chi connectivity index (χ1n) is 12.1. The molecule has 36 heavy (non-hydrogen) atoms. The van der Waals surface area contributed by atoms with Crippen LogP contribution in [0.15, 0.2) is 60.8 Å². The van der Waals surface area contributed by atoms with E-state index >= 15 is 0 Å². The van der Waals surface area contributed by atoms with Crippen LogP contribution in [0.5, 0.6) is 0 Å². The molecule has 0 radical (unpaired) electrons. The van der Waals surface area contributed by atoms with Crippen LogP contribution in [-0.2, 0) is 6.54 Å². The molecule has 2 N–H and O–H groups in total. The van der Waals surface area contributed by atoms with Crippen LogP contribution in [-0.4, -0.2) is 53.0 Å². The lowest BCUT2D eigenvalue weighted by Crippen LogP contribution is -2.46. The molecular weight excluding hydrogens is 478 g/mol. The summed E-state index contributed by atoms with van der Waals surface area (Å²) in [6, 6.07) is 15.8. The van der Waals surface area contributed by atoms with E-state index in [9.17, 15) is 9.18 Å². The molecule has 4 aromatic rings. The van der Waals surface area contributed by atoms with E-state index in [1.807, 2.05) is 47.6 Å². The van der Waals surface area contributed by atoms with Gasteiger partial charge in [0, 0.05) is 49.0 Å². The maximum absolute atomic E-state index is 13.4. The van der Waals surface area contributed by atoms with Crippen molar-refractivity contribution >= 4 is 42.4 Å². The van der Waals surface area contributed by atoms with Crippen molar-refractivity contribution in [3.05, 3.63) is 77.2 Å². The quantitative estimate of drug-likeness (QED) is 0.394. The largest absolute Gasteiger partial charge is 0.370 e. The summed E-state index contributed by atoms with van der Waals surface area (Å²) in [6.07, 6.45) is 3.75. The number of piperidine rings is 1. The summed E-state index contributed by atoms with van der Waals surface area (Å²) in [5.74, 6) is 0.805. The van der Waals surface area contributed by atoms with Gasteiger partial charge in [-0.15, -0.1) is 0 Å². The van der Waals surface area contributed by atoms with E-state index in [2.05, 4.69) is 15.7 Å². The minimum Gasteiger partial charge on any atom is -0.370 e. The van der Waals surface area contributed by atoms with Crippen LogP contribution in [0, 0.1) is 11.7 Å². The highest BCUT2D eigenvalue weighted by atomic mass is 35.5. The Bertz CT molecular complexity index is 1400. The molecule has 0 bridgehead atoms. The van der Waals surface area contributed by atoms with Crippen molar-refractivity contribution in [2.45, 2.75) is 19.4 Å². The molecule has 184 valence electrons. The number of likely N-dealkylation sites (tertiary alicyclic amines) is 1. The van der Waals surface area contributed by atoms with Gasteiger partial charge in [0.25, 0.3) is 0 Å². The van der Waals surface area contributed by atoms with Crippen LogP contribution in [0.3, 0.4) is 0 Å². The van der Waals surface area contributed by atoms with Crippen molar-refractivity contribution < 1.29 is 9.18 Å². The van der Waals surface area contributed by atoms with Gasteiger partial charge in [0.05, 0.1) is 5.69 Å². The zero-order valence-electron chi connectivity index (χ0n) is 20.0. The Morgan fingerprint density at radius 1 is 1.19 bits per heavy atom. The highest BCUT2D eigenvalue weighted by Gasteiger charge is 2.24. The highest BCUT2D eigenvalue weighted by molar-refractivity contribution is 6.36. The number of carbonyl (C=O) groups is 1. The molecule has 0 spiro atoms. The fraction of sp³-hybridized carbons (Fsp3) is 0.269. The lowest BCUT2D eigenvalue weighted by molar-refractivity contribution is 0.168. The fourth-order valence-electron chi connectivity index (χ4n) is 4.61. The average molecular weight is 505 g/mol. The highest BCUT2D eigenvalue weighted by Crippen LogP contribution is 2.28. The first-order valence-corrected chi connectivity index (χ1v) is 12.5. The van der Waals surface area contributed by atoms with Crippen molar-refractivity contribution in [1.82, 2.24) is 24.8 Å². The molecule has 2 amide bonds. The zero-order chi connectivity index (χ0) is 25.1. The number of hydrogen-bond acceptors (Lipinski definition) is 4. The Kier molecular flexibility index (Phi) is 7.09. The van der Waals surface area contributed by atoms with Crippen LogP contribution in [0.4, 0.5) is 15.0 Å². The second-order valence-electron chi connectivity index (χ2n) is 9.19. The van der Waals surface area contributed by atoms with Crippen LogP contribution >= 0.6 is 11.6 Å². The molecule has 1 saturated heterocycles. The maximum atomic E-state index is 13.4. The number of rotatable bonds is 6. The van der Waals surface area contributed by atoms with Crippen molar-refractivity contribution in [3.8, 4) is 11.3 Å². The first kappa shape index (κ1) is 24.1. The number of amides is 2. The van der Waals surface area contributed by atoms with Gasteiger partial charge in [0.1, 0.15) is 19.5 Å². The molecule has 7 nitrogen and oxygen atoms in total. The normalized spacial score (nSPS) is 15.7. The molecule has 10 heteroatoms. The van der Waals surface area contributed by atoms with Gasteiger partial charge < -0.3 is 15.5 Å². The van der Waals surface area contributed by atoms with Gasteiger partial charge >= 0.3 is 6.03 Å². The van der Waals surface area contributed by atoms with Gasteiger partial charge in [0.2, 0.25) is 0 Å². The van der Waals surface area contributed by atoms with Crippen LogP contribution in [0.2, 0.25) is 5.02 Å². The van der Waals surface area contributed by atoms with Gasteiger partial charge in [-0.1, -0.05) is 41.9 Å². The molecule has 1 unspecified atom stereocenters. The number of urea groups is 1. The number of carbonyl (C=O) groups excluding carboxylic acids is 1. The SMILES string of the molecule is Bc1cnn2c(NCC3CCCN(C(=O)NCc4cccc(F)c4)C3)cc(-c3ccccc3Cl)nc12. The number of anilines is 1. The summed E-state index contributed by atoms with van der Waals surface area (Å²) < 4.78 is 15.2. The average Bonchev–Trinajstić information content (AvgIpc) is 3.27. The van der Waals surface area contributed by atoms with E-state index in [4.69, 9.17) is 16.6 Å². The van der Waals surface area contributed by atoms with Crippen LogP contribution in [0.25, 0.3) is 16.9 Å². The van der Waals surface area contributed by atoms with E-state index < -0.39 is 0 Å². The van der Waals surface area contributed by atoms with Crippen molar-refractivity contribution in [2.75, 3.05) is 25.0 Å². The fourth-order valence-corrected chi connectivity index (χ4v) is 4.84. The maximum Gasteiger partial charge on any atom is 0.317 e. The Morgan fingerprint density at radius 3 is 2.89 bits per heavy atom. The number of benzene rings is 2. The molecule has 2 aromatic carbocycles. The van der Waals surface area contributed by atoms with Crippen LogP contribution in [0.1, 0.15) is 18.4 Å². The van der Waals surface area contributed by atoms with E-state index in [1.54, 1.807) is 18.3 Å². The van der Waals surface area contributed by atoms with Crippen molar-refractivity contribution in [2.24, 2.45) is 5.92 Å². The van der Waals surface area contributed by atoms with E-state index in [0.717, 1.165) is 46.6 Å². The molecule has 0 saturated carbocycles. The predicted octanol–water partition coefficient (Wildman–Crippen LogP) is 3.48. The first-order chi connectivity index (χ1) is 17.5. The molecule has 1 atom stereocenters. The number of fused-ring (bicyclic) bond motifs is 1. The monoisotopic (exact) mass is 504 g/mol. The molecule has 3 heterocycles. The molecule has 2 aromatic heterocycles. The van der Waals surface area contributed by atoms with Gasteiger partial charge in [-0.3, -0.25) is 0 Å². The molecule has 5 rings (SSSR count). The van der Waals surface area contributed by atoms with E-state index in [-0.39, 0.29) is 17.8 Å². The van der Waals surface area contributed by atoms with E-state index in [1.165, 1.54) is 12.1 Å². The Labute approximate surface area is 215 Å². The zero-order valence-corrected chi connectivity index (χ0v) is 20.8. The third-order valence-corrected chi connectivity index (χ3v) is 6.84.